The first-order chi connectivity index (χ1) is 9.88. The standard InChI is InChI=1S/C13H9BrFN3O3/c14-10-6-8(2-3-9(10)13(16)17)21-12-4-1-7(18(19)20)5-11(12)15/h1-6H,(H3,16,17). The first kappa shape index (κ1) is 14.9. The van der Waals surface area contributed by atoms with E-state index in [4.69, 9.17) is 15.9 Å². The summed E-state index contributed by atoms with van der Waals surface area (Å²) in [6.07, 6.45) is 0. The molecule has 0 radical (unpaired) electrons. The second-order valence-corrected chi connectivity index (χ2v) is 4.88. The molecule has 2 aromatic rings. The Morgan fingerprint density at radius 1 is 1.33 bits per heavy atom. The minimum atomic E-state index is -0.837. The van der Waals surface area contributed by atoms with Crippen LogP contribution in [0.15, 0.2) is 40.9 Å². The van der Waals surface area contributed by atoms with Crippen LogP contribution in [0.2, 0.25) is 0 Å². The number of nitrogens with two attached hydrogens (primary N) is 1. The Kier molecular flexibility index (Phi) is 4.18. The molecule has 0 aromatic heterocycles. The number of nitro groups is 1. The van der Waals surface area contributed by atoms with Gasteiger partial charge in [-0.05, 0) is 40.2 Å². The van der Waals surface area contributed by atoms with E-state index in [0.29, 0.717) is 15.8 Å². The van der Waals surface area contributed by atoms with Crippen LogP contribution >= 0.6 is 15.9 Å². The van der Waals surface area contributed by atoms with Crippen LogP contribution in [0.4, 0.5) is 10.1 Å². The van der Waals surface area contributed by atoms with Gasteiger partial charge in [0.15, 0.2) is 11.6 Å². The zero-order valence-corrected chi connectivity index (χ0v) is 12.1. The molecule has 0 bridgehead atoms. The number of hydrogen-bond donors (Lipinski definition) is 2. The Hall–Kier alpha value is -2.48. The third-order valence-corrected chi connectivity index (χ3v) is 3.24. The SMILES string of the molecule is N=C(N)c1ccc(Oc2ccc([N+](=O)[O-])cc2F)cc1Br. The van der Waals surface area contributed by atoms with Crippen LogP contribution < -0.4 is 10.5 Å². The Labute approximate surface area is 127 Å². The lowest BCUT2D eigenvalue weighted by Crippen LogP contribution is -2.11. The van der Waals surface area contributed by atoms with Crippen LogP contribution in [0.3, 0.4) is 0 Å². The number of benzene rings is 2. The topological polar surface area (TPSA) is 102 Å². The lowest BCUT2D eigenvalue weighted by molar-refractivity contribution is -0.385. The van der Waals surface area contributed by atoms with Gasteiger partial charge in [0.1, 0.15) is 11.6 Å². The van der Waals surface area contributed by atoms with Gasteiger partial charge in [-0.15, -0.1) is 0 Å². The predicted octanol–water partition coefficient (Wildman–Crippen LogP) is 3.57. The van der Waals surface area contributed by atoms with Crippen LogP contribution in [0, 0.1) is 21.3 Å². The second kappa shape index (κ2) is 5.88. The largest absolute Gasteiger partial charge is 0.454 e. The molecule has 0 atom stereocenters. The van der Waals surface area contributed by atoms with Crippen molar-refractivity contribution in [2.75, 3.05) is 0 Å². The van der Waals surface area contributed by atoms with Gasteiger partial charge in [0.25, 0.3) is 5.69 Å². The van der Waals surface area contributed by atoms with Crippen LogP contribution in [-0.2, 0) is 0 Å². The van der Waals surface area contributed by atoms with Crippen LogP contribution in [0.5, 0.6) is 11.5 Å². The maximum Gasteiger partial charge on any atom is 0.272 e. The number of rotatable bonds is 4. The minimum absolute atomic E-state index is 0.116. The minimum Gasteiger partial charge on any atom is -0.454 e. The number of halogens is 2. The summed E-state index contributed by atoms with van der Waals surface area (Å²) in [6, 6.07) is 7.71. The summed E-state index contributed by atoms with van der Waals surface area (Å²) in [5.74, 6) is -0.784. The zero-order valence-electron chi connectivity index (χ0n) is 10.5. The van der Waals surface area contributed by atoms with E-state index >= 15 is 0 Å². The summed E-state index contributed by atoms with van der Waals surface area (Å²) in [5, 5.41) is 17.9. The van der Waals surface area contributed by atoms with Crippen molar-refractivity contribution in [2.24, 2.45) is 5.73 Å². The summed E-state index contributed by atoms with van der Waals surface area (Å²) in [7, 11) is 0. The zero-order chi connectivity index (χ0) is 15.6. The van der Waals surface area contributed by atoms with E-state index < -0.39 is 10.7 Å². The highest BCUT2D eigenvalue weighted by atomic mass is 79.9. The Morgan fingerprint density at radius 2 is 2.05 bits per heavy atom. The summed E-state index contributed by atoms with van der Waals surface area (Å²) >= 11 is 3.23. The molecule has 0 aliphatic rings. The van der Waals surface area contributed by atoms with Crippen LogP contribution in [0.25, 0.3) is 0 Å². The van der Waals surface area contributed by atoms with Gasteiger partial charge in [0.05, 0.1) is 11.0 Å². The second-order valence-electron chi connectivity index (χ2n) is 4.03. The molecule has 108 valence electrons. The molecule has 8 heteroatoms. The Bertz CT molecular complexity index is 737. The maximum absolute atomic E-state index is 13.7. The molecule has 0 aliphatic heterocycles. The van der Waals surface area contributed by atoms with Crippen molar-refractivity contribution in [1.29, 1.82) is 5.41 Å². The molecule has 6 nitrogen and oxygen atoms in total. The molecule has 0 fully saturated rings. The van der Waals surface area contributed by atoms with Gasteiger partial charge < -0.3 is 10.5 Å². The van der Waals surface area contributed by atoms with Gasteiger partial charge in [-0.1, -0.05) is 0 Å². The molecular formula is C13H9BrFN3O3. The average molecular weight is 354 g/mol. The first-order valence-electron chi connectivity index (χ1n) is 5.64. The van der Waals surface area contributed by atoms with Gasteiger partial charge in [-0.25, -0.2) is 4.39 Å². The fourth-order valence-electron chi connectivity index (χ4n) is 1.59. The van der Waals surface area contributed by atoms with Crippen molar-refractivity contribution in [3.05, 3.63) is 62.4 Å². The summed E-state index contributed by atoms with van der Waals surface area (Å²) < 4.78 is 19.6. The van der Waals surface area contributed by atoms with Gasteiger partial charge in [0, 0.05) is 16.1 Å². The third kappa shape index (κ3) is 3.34. The monoisotopic (exact) mass is 353 g/mol. The van der Waals surface area contributed by atoms with Gasteiger partial charge in [-0.2, -0.15) is 0 Å². The van der Waals surface area contributed by atoms with Crippen LogP contribution in [0.1, 0.15) is 5.56 Å². The number of nitrogens with zero attached hydrogens (tertiary/aromatic N) is 1. The van der Waals surface area contributed by atoms with E-state index in [1.807, 2.05) is 0 Å². The number of non-ortho nitro benzene ring substituents is 1. The number of nitro benzene ring substituents is 1. The predicted molar refractivity (Wildman–Crippen MR) is 78.3 cm³/mol. The smallest absolute Gasteiger partial charge is 0.272 e. The number of amidine groups is 1. The molecule has 0 heterocycles. The highest BCUT2D eigenvalue weighted by Gasteiger charge is 2.13. The third-order valence-electron chi connectivity index (χ3n) is 2.58. The van der Waals surface area contributed by atoms with E-state index in [0.717, 1.165) is 12.1 Å². The molecule has 3 N–H and O–H groups in total. The molecular weight excluding hydrogens is 345 g/mol. The van der Waals surface area contributed by atoms with Crippen LogP contribution in [-0.4, -0.2) is 10.8 Å². The quantitative estimate of drug-likeness (QED) is 0.379. The number of nitrogens with one attached hydrogen (secondary N) is 1. The van der Waals surface area contributed by atoms with Gasteiger partial charge in [-0.3, -0.25) is 15.5 Å². The highest BCUT2D eigenvalue weighted by molar-refractivity contribution is 9.10. The van der Waals surface area contributed by atoms with E-state index in [1.54, 1.807) is 6.07 Å². The van der Waals surface area contributed by atoms with E-state index in [2.05, 4.69) is 15.9 Å². The Morgan fingerprint density at radius 3 is 2.57 bits per heavy atom. The lowest BCUT2D eigenvalue weighted by atomic mass is 10.2. The van der Waals surface area contributed by atoms with Crippen molar-refractivity contribution in [3.63, 3.8) is 0 Å². The lowest BCUT2D eigenvalue weighted by Gasteiger charge is -2.09. The van der Waals surface area contributed by atoms with Gasteiger partial charge in [0.2, 0.25) is 0 Å². The molecule has 0 saturated carbocycles. The first-order valence-corrected chi connectivity index (χ1v) is 6.43. The Balaban J connectivity index is 2.28. The summed E-state index contributed by atoms with van der Waals surface area (Å²) in [4.78, 5) is 9.84. The number of hydrogen-bond acceptors (Lipinski definition) is 4. The van der Waals surface area contributed by atoms with Crippen molar-refractivity contribution >= 4 is 27.5 Å². The molecule has 0 amide bonds. The molecule has 2 rings (SSSR count). The summed E-state index contributed by atoms with van der Waals surface area (Å²) in [6.45, 7) is 0. The van der Waals surface area contributed by atoms with Crippen molar-refractivity contribution in [1.82, 2.24) is 0 Å². The number of ether oxygens (including phenoxy) is 1. The van der Waals surface area contributed by atoms with Gasteiger partial charge >= 0.3 is 0 Å². The van der Waals surface area contributed by atoms with E-state index in [1.165, 1.54) is 18.2 Å². The van der Waals surface area contributed by atoms with Crippen molar-refractivity contribution in [2.45, 2.75) is 0 Å². The van der Waals surface area contributed by atoms with Crippen molar-refractivity contribution < 1.29 is 14.1 Å². The molecule has 0 unspecified atom stereocenters. The average Bonchev–Trinajstić information content (AvgIpc) is 2.40. The molecule has 0 spiro atoms. The number of nitrogen functional groups attached to an aromatic ring is 1. The highest BCUT2D eigenvalue weighted by Crippen LogP contribution is 2.30. The molecule has 0 saturated heterocycles. The maximum atomic E-state index is 13.7. The molecule has 2 aromatic carbocycles. The van der Waals surface area contributed by atoms with Crippen molar-refractivity contribution in [3.8, 4) is 11.5 Å². The van der Waals surface area contributed by atoms with E-state index in [-0.39, 0.29) is 17.3 Å². The van der Waals surface area contributed by atoms with E-state index in [9.17, 15) is 14.5 Å². The fraction of sp³-hybridized carbons (Fsp3) is 0. The summed E-state index contributed by atoms with van der Waals surface area (Å²) in [5.41, 5.74) is 5.50. The molecule has 21 heavy (non-hydrogen) atoms. The normalized spacial score (nSPS) is 10.2. The fourth-order valence-corrected chi connectivity index (χ4v) is 2.16. The molecule has 0 aliphatic carbocycles.